The molecule has 1 aromatic heterocycles. The molecule has 1 saturated carbocycles. The van der Waals surface area contributed by atoms with E-state index in [1.165, 1.54) is 43.9 Å². The van der Waals surface area contributed by atoms with Gasteiger partial charge in [0.1, 0.15) is 0 Å². The number of fused-ring (bicyclic) bond motifs is 1. The van der Waals surface area contributed by atoms with Crippen LogP contribution in [0, 0.1) is 0 Å². The van der Waals surface area contributed by atoms with Gasteiger partial charge < -0.3 is 0 Å². The molecule has 1 nitrogen and oxygen atoms in total. The molecule has 1 aliphatic carbocycles. The maximum atomic E-state index is 3.79. The third-order valence-electron chi connectivity index (χ3n) is 3.90. The molecule has 3 rings (SSSR count). The fourth-order valence-corrected chi connectivity index (χ4v) is 4.98. The normalized spacial score (nSPS) is 18.0. The van der Waals surface area contributed by atoms with Gasteiger partial charge in [0, 0.05) is 0 Å². The van der Waals surface area contributed by atoms with E-state index in [1.807, 2.05) is 0 Å². The quantitative estimate of drug-likeness (QED) is 0.673. The van der Waals surface area contributed by atoms with E-state index >= 15 is 0 Å². The van der Waals surface area contributed by atoms with Crippen LogP contribution in [0.3, 0.4) is 0 Å². The summed E-state index contributed by atoms with van der Waals surface area (Å²) in [7, 11) is 0. The summed E-state index contributed by atoms with van der Waals surface area (Å²) in [5.74, 6) is 0. The van der Waals surface area contributed by atoms with Gasteiger partial charge in [0.2, 0.25) is 0 Å². The van der Waals surface area contributed by atoms with E-state index in [0.29, 0.717) is 14.5 Å². The Morgan fingerprint density at radius 1 is 1.06 bits per heavy atom. The first-order valence-electron chi connectivity index (χ1n) is 7.13. The Kier molecular flexibility index (Phi) is 4.20. The number of rotatable bonds is 3. The van der Waals surface area contributed by atoms with Gasteiger partial charge in [-0.15, -0.1) is 0 Å². The Morgan fingerprint density at radius 2 is 1.83 bits per heavy atom. The van der Waals surface area contributed by atoms with Crippen LogP contribution in [0.2, 0.25) is 0 Å². The average Bonchev–Trinajstić information content (AvgIpc) is 2.63. The average molecular weight is 306 g/mol. The van der Waals surface area contributed by atoms with Crippen LogP contribution in [-0.2, 0) is 6.54 Å². The van der Waals surface area contributed by atoms with Crippen LogP contribution in [0.5, 0.6) is 0 Å². The first-order valence-corrected chi connectivity index (χ1v) is 8.84. The van der Waals surface area contributed by atoms with Gasteiger partial charge >= 0.3 is 115 Å². The van der Waals surface area contributed by atoms with Gasteiger partial charge in [0.25, 0.3) is 0 Å². The second-order valence-electron chi connectivity index (χ2n) is 5.32. The van der Waals surface area contributed by atoms with Crippen molar-refractivity contribution in [2.45, 2.75) is 51.1 Å². The van der Waals surface area contributed by atoms with E-state index in [-0.39, 0.29) is 0 Å². The van der Waals surface area contributed by atoms with Gasteiger partial charge in [-0.1, -0.05) is 0 Å². The van der Waals surface area contributed by atoms with Crippen LogP contribution in [0.15, 0.2) is 30.3 Å². The van der Waals surface area contributed by atoms with Crippen molar-refractivity contribution in [1.82, 2.24) is 5.32 Å². The van der Waals surface area contributed by atoms with Gasteiger partial charge in [0.15, 0.2) is 0 Å². The number of nitrogens with one attached hydrogen (secondary N) is 1. The van der Waals surface area contributed by atoms with E-state index in [4.69, 9.17) is 0 Å². The second kappa shape index (κ2) is 6.06. The Morgan fingerprint density at radius 3 is 2.61 bits per heavy atom. The zero-order valence-corrected chi connectivity index (χ0v) is 12.5. The molecule has 2 heteroatoms. The molecule has 0 atom stereocenters. The Hall–Kier alpha value is -0.561. The molecule has 1 heterocycles. The monoisotopic (exact) mass is 307 g/mol. The second-order valence-corrected chi connectivity index (χ2v) is 7.77. The van der Waals surface area contributed by atoms with Crippen molar-refractivity contribution in [3.63, 3.8) is 0 Å². The summed E-state index contributed by atoms with van der Waals surface area (Å²) in [6.45, 7) is 1.11. The molecular weight excluding hydrogens is 285 g/mol. The van der Waals surface area contributed by atoms with Crippen molar-refractivity contribution in [2.75, 3.05) is 0 Å². The minimum absolute atomic E-state index is 0.564. The minimum atomic E-state index is 0.564. The van der Waals surface area contributed by atoms with Crippen molar-refractivity contribution in [3.8, 4) is 0 Å². The molecule has 0 bridgehead atoms. The molecule has 0 aliphatic heterocycles. The van der Waals surface area contributed by atoms with Crippen LogP contribution in [0.4, 0.5) is 0 Å². The van der Waals surface area contributed by atoms with Gasteiger partial charge in [0.05, 0.1) is 0 Å². The molecule has 0 amide bonds. The summed E-state index contributed by atoms with van der Waals surface area (Å²) in [6, 6.07) is 12.0. The number of hydrogen-bond acceptors (Lipinski definition) is 1. The Labute approximate surface area is 115 Å². The van der Waals surface area contributed by atoms with Crippen LogP contribution in [0.1, 0.15) is 43.0 Å². The van der Waals surface area contributed by atoms with Crippen LogP contribution < -0.4 is 5.32 Å². The van der Waals surface area contributed by atoms with E-state index in [2.05, 4.69) is 35.6 Å². The summed E-state index contributed by atoms with van der Waals surface area (Å²) >= 11 is 0.564. The molecule has 0 spiro atoms. The fraction of sp³-hybridized carbons (Fsp3) is 0.500. The SMILES string of the molecule is c1ccc2[se]c(CNC3CCCCCC3)cc2c1. The van der Waals surface area contributed by atoms with Crippen molar-refractivity contribution >= 4 is 24.1 Å². The molecule has 0 radical (unpaired) electrons. The molecule has 1 fully saturated rings. The van der Waals surface area contributed by atoms with E-state index in [0.717, 1.165) is 12.6 Å². The van der Waals surface area contributed by atoms with Crippen molar-refractivity contribution in [1.29, 1.82) is 0 Å². The standard InChI is InChI=1S/C16H21NSe/c1-2-4-9-14(8-3-1)17-12-15-11-13-7-5-6-10-16(13)18-15/h5-7,10-11,14,17H,1-4,8-9,12H2. The van der Waals surface area contributed by atoms with Crippen LogP contribution in [-0.4, -0.2) is 20.5 Å². The molecule has 0 saturated heterocycles. The van der Waals surface area contributed by atoms with Crippen molar-refractivity contribution < 1.29 is 0 Å². The zero-order chi connectivity index (χ0) is 12.2. The van der Waals surface area contributed by atoms with Gasteiger partial charge in [-0.05, 0) is 0 Å². The van der Waals surface area contributed by atoms with E-state index < -0.39 is 0 Å². The van der Waals surface area contributed by atoms with Gasteiger partial charge in [-0.2, -0.15) is 0 Å². The molecule has 1 N–H and O–H groups in total. The van der Waals surface area contributed by atoms with Crippen LogP contribution >= 0.6 is 0 Å². The molecule has 1 aromatic carbocycles. The predicted molar refractivity (Wildman–Crippen MR) is 79.2 cm³/mol. The van der Waals surface area contributed by atoms with Crippen molar-refractivity contribution in [2.24, 2.45) is 0 Å². The summed E-state index contributed by atoms with van der Waals surface area (Å²) in [4.78, 5) is 0. The zero-order valence-electron chi connectivity index (χ0n) is 10.8. The molecular formula is C16H21NSe. The number of hydrogen-bond donors (Lipinski definition) is 1. The Balaban J connectivity index is 1.61. The molecule has 2 aromatic rings. The third kappa shape index (κ3) is 3.06. The van der Waals surface area contributed by atoms with Crippen LogP contribution in [0.25, 0.3) is 9.65 Å². The van der Waals surface area contributed by atoms with E-state index in [1.54, 1.807) is 8.70 Å². The van der Waals surface area contributed by atoms with Gasteiger partial charge in [-0.3, -0.25) is 0 Å². The first kappa shape index (κ1) is 12.5. The summed E-state index contributed by atoms with van der Waals surface area (Å²) in [5.41, 5.74) is 0. The van der Waals surface area contributed by atoms with Gasteiger partial charge in [-0.25, -0.2) is 0 Å². The maximum absolute atomic E-state index is 3.79. The molecule has 18 heavy (non-hydrogen) atoms. The molecule has 96 valence electrons. The summed E-state index contributed by atoms with van der Waals surface area (Å²) in [6.07, 6.45) is 8.48. The molecule has 0 unspecified atom stereocenters. The first-order chi connectivity index (χ1) is 8.92. The third-order valence-corrected chi connectivity index (χ3v) is 6.24. The molecule has 1 aliphatic rings. The van der Waals surface area contributed by atoms with Crippen molar-refractivity contribution in [3.05, 3.63) is 34.8 Å². The number of benzene rings is 1. The topological polar surface area (TPSA) is 12.0 Å². The van der Waals surface area contributed by atoms with E-state index in [9.17, 15) is 0 Å². The summed E-state index contributed by atoms with van der Waals surface area (Å²) < 4.78 is 3.18. The Bertz CT molecular complexity index is 462. The predicted octanol–water partition coefficient (Wildman–Crippen LogP) is 3.71. The summed E-state index contributed by atoms with van der Waals surface area (Å²) in [5, 5.41) is 5.24. The fourth-order valence-electron chi connectivity index (χ4n) is 2.85.